The van der Waals surface area contributed by atoms with Gasteiger partial charge < -0.3 is 5.11 Å². The maximum Gasteiger partial charge on any atom is 0.336 e. The van der Waals surface area contributed by atoms with Gasteiger partial charge in [-0.1, -0.05) is 54.6 Å². The Balaban J connectivity index is 0.000000250. The molecular weight excluding hydrogens is 256 g/mol. The van der Waals surface area contributed by atoms with Crippen molar-refractivity contribution in [3.8, 4) is 0 Å². The Morgan fingerprint density at radius 2 is 1.58 bits per heavy atom. The predicted molar refractivity (Wildman–Crippen MR) is 80.8 cm³/mol. The van der Waals surface area contributed by atoms with E-state index >= 15 is 0 Å². The average Bonchev–Trinajstić information content (AvgIpc) is 2.48. The fourth-order valence-corrected chi connectivity index (χ4v) is 2.09. The molecule has 0 spiro atoms. The minimum atomic E-state index is -0.882. The molecule has 0 radical (unpaired) electrons. The Bertz CT molecular complexity index is 482. The summed E-state index contributed by atoms with van der Waals surface area (Å²) in [5.41, 5.74) is 0.356. The molecule has 0 saturated heterocycles. The summed E-state index contributed by atoms with van der Waals surface area (Å²) >= 11 is 1.48. The van der Waals surface area contributed by atoms with Crippen LogP contribution < -0.4 is 0 Å². The molecule has 0 aliphatic rings. The van der Waals surface area contributed by atoms with E-state index < -0.39 is 5.97 Å². The van der Waals surface area contributed by atoms with E-state index in [0.717, 1.165) is 10.6 Å². The quantitative estimate of drug-likeness (QED) is 0.664. The lowest BCUT2D eigenvalue weighted by Crippen LogP contribution is -1.98. The molecule has 0 amide bonds. The molecule has 2 nitrogen and oxygen atoms in total. The number of hydrogen-bond donors (Lipinski definition) is 1. The lowest BCUT2D eigenvalue weighted by molar-refractivity contribution is 0.0693. The zero-order valence-corrected chi connectivity index (χ0v) is 11.3. The summed E-state index contributed by atoms with van der Waals surface area (Å²) in [5, 5.41) is 8.83. The molecule has 0 atom stereocenters. The van der Waals surface area contributed by atoms with Gasteiger partial charge in [0.05, 0.1) is 5.56 Å². The maximum atomic E-state index is 10.7. The van der Waals surface area contributed by atoms with Crippen molar-refractivity contribution in [2.45, 2.75) is 4.90 Å². The van der Waals surface area contributed by atoms with Crippen LogP contribution in [0.2, 0.25) is 0 Å². The molecule has 0 unspecified atom stereocenters. The molecule has 2 aromatic carbocycles. The number of hydrogen-bond acceptors (Lipinski definition) is 2. The van der Waals surface area contributed by atoms with Crippen molar-refractivity contribution in [3.63, 3.8) is 0 Å². The van der Waals surface area contributed by atoms with E-state index in [2.05, 4.69) is 6.58 Å². The van der Waals surface area contributed by atoms with E-state index in [-0.39, 0.29) is 0 Å². The standard InChI is InChI=1S/C10H10O2S.C6H6/c1-2-7-13-9-6-4-3-5-8(9)10(11)12;1-2-4-6-5-3-1/h2-6H,1,7H2,(H,11,12);1-6H. The normalized spacial score (nSPS) is 9.05. The lowest BCUT2D eigenvalue weighted by atomic mass is 10.2. The molecule has 3 heteroatoms. The summed E-state index contributed by atoms with van der Waals surface area (Å²) in [5.74, 6) is -0.156. The third-order valence-corrected chi connectivity index (χ3v) is 3.21. The van der Waals surface area contributed by atoms with Gasteiger partial charge in [0.25, 0.3) is 0 Å². The molecule has 0 aliphatic carbocycles. The average molecular weight is 272 g/mol. The predicted octanol–water partition coefficient (Wildman–Crippen LogP) is 4.35. The van der Waals surface area contributed by atoms with Crippen molar-refractivity contribution in [2.75, 3.05) is 5.75 Å². The summed E-state index contributed by atoms with van der Waals surface area (Å²) in [6.45, 7) is 3.58. The first-order valence-corrected chi connectivity index (χ1v) is 6.80. The number of aromatic carboxylic acids is 1. The van der Waals surface area contributed by atoms with Crippen molar-refractivity contribution < 1.29 is 9.90 Å². The summed E-state index contributed by atoms with van der Waals surface area (Å²) < 4.78 is 0. The molecule has 1 N–H and O–H groups in total. The van der Waals surface area contributed by atoms with Crippen LogP contribution in [0, 0.1) is 0 Å². The van der Waals surface area contributed by atoms with E-state index in [1.807, 2.05) is 42.5 Å². The first-order chi connectivity index (χ1) is 9.25. The number of carbonyl (C=O) groups is 1. The number of thioether (sulfide) groups is 1. The van der Waals surface area contributed by atoms with E-state index in [1.54, 1.807) is 24.3 Å². The van der Waals surface area contributed by atoms with E-state index in [1.165, 1.54) is 11.8 Å². The minimum Gasteiger partial charge on any atom is -0.478 e. The van der Waals surface area contributed by atoms with E-state index in [4.69, 9.17) is 5.11 Å². The molecule has 0 bridgehead atoms. The zero-order chi connectivity index (χ0) is 13.9. The molecule has 0 saturated carbocycles. The molecule has 2 rings (SSSR count). The van der Waals surface area contributed by atoms with Crippen molar-refractivity contribution in [1.29, 1.82) is 0 Å². The molecule has 19 heavy (non-hydrogen) atoms. The second-order valence-electron chi connectivity index (χ2n) is 3.56. The van der Waals surface area contributed by atoms with Gasteiger partial charge in [-0.15, -0.1) is 18.3 Å². The number of rotatable bonds is 4. The summed E-state index contributed by atoms with van der Waals surface area (Å²) in [4.78, 5) is 11.5. The van der Waals surface area contributed by atoms with Gasteiger partial charge in [-0.05, 0) is 12.1 Å². The first-order valence-electron chi connectivity index (χ1n) is 5.81. The Labute approximate surface area is 117 Å². The van der Waals surface area contributed by atoms with Crippen LogP contribution >= 0.6 is 11.8 Å². The summed E-state index contributed by atoms with van der Waals surface area (Å²) in [6, 6.07) is 19.0. The smallest absolute Gasteiger partial charge is 0.336 e. The van der Waals surface area contributed by atoms with Gasteiger partial charge in [-0.2, -0.15) is 0 Å². The van der Waals surface area contributed by atoms with Crippen LogP contribution in [0.5, 0.6) is 0 Å². The summed E-state index contributed by atoms with van der Waals surface area (Å²) in [7, 11) is 0. The van der Waals surface area contributed by atoms with E-state index in [9.17, 15) is 4.79 Å². The highest BCUT2D eigenvalue weighted by Crippen LogP contribution is 2.22. The van der Waals surface area contributed by atoms with Gasteiger partial charge in [0.2, 0.25) is 0 Å². The third-order valence-electron chi connectivity index (χ3n) is 2.14. The molecule has 0 heterocycles. The van der Waals surface area contributed by atoms with Gasteiger partial charge in [0, 0.05) is 10.6 Å². The second kappa shape index (κ2) is 9.00. The number of benzene rings is 2. The fraction of sp³-hybridized carbons (Fsp3) is 0.0625. The SMILES string of the molecule is C=CCSc1ccccc1C(=O)O.c1ccccc1. The Hall–Kier alpha value is -2.00. The van der Waals surface area contributed by atoms with Gasteiger partial charge in [-0.3, -0.25) is 0 Å². The number of carboxylic acid groups (broad SMARTS) is 1. The van der Waals surface area contributed by atoms with Crippen molar-refractivity contribution in [1.82, 2.24) is 0 Å². The highest BCUT2D eigenvalue weighted by molar-refractivity contribution is 7.99. The van der Waals surface area contributed by atoms with Gasteiger partial charge in [0.1, 0.15) is 0 Å². The van der Waals surface area contributed by atoms with Crippen LogP contribution in [0.1, 0.15) is 10.4 Å². The van der Waals surface area contributed by atoms with Gasteiger partial charge in [-0.25, -0.2) is 4.79 Å². The molecular formula is C16H16O2S. The summed E-state index contributed by atoms with van der Waals surface area (Å²) in [6.07, 6.45) is 1.75. The molecule has 2 aromatic rings. The molecule has 98 valence electrons. The van der Waals surface area contributed by atoms with Gasteiger partial charge in [0.15, 0.2) is 0 Å². The fourth-order valence-electron chi connectivity index (χ4n) is 1.30. The topological polar surface area (TPSA) is 37.3 Å². The third kappa shape index (κ3) is 5.93. The maximum absolute atomic E-state index is 10.7. The van der Waals surface area contributed by atoms with Crippen molar-refractivity contribution in [3.05, 3.63) is 78.9 Å². The monoisotopic (exact) mass is 272 g/mol. The zero-order valence-electron chi connectivity index (χ0n) is 10.5. The molecule has 0 aromatic heterocycles. The van der Waals surface area contributed by atoms with Crippen LogP contribution in [0.15, 0.2) is 78.2 Å². The number of carboxylic acids is 1. The molecule has 0 fully saturated rings. The Kier molecular flexibility index (Phi) is 7.13. The van der Waals surface area contributed by atoms with Crippen LogP contribution in [0.4, 0.5) is 0 Å². The van der Waals surface area contributed by atoms with E-state index in [0.29, 0.717) is 5.56 Å². The van der Waals surface area contributed by atoms with Crippen molar-refractivity contribution >= 4 is 17.7 Å². The molecule has 0 aliphatic heterocycles. The first kappa shape index (κ1) is 15.1. The largest absolute Gasteiger partial charge is 0.478 e. The van der Waals surface area contributed by atoms with Crippen LogP contribution in [0.3, 0.4) is 0 Å². The van der Waals surface area contributed by atoms with Crippen LogP contribution in [-0.4, -0.2) is 16.8 Å². The highest BCUT2D eigenvalue weighted by Gasteiger charge is 2.07. The highest BCUT2D eigenvalue weighted by atomic mass is 32.2. The van der Waals surface area contributed by atoms with Crippen LogP contribution in [-0.2, 0) is 0 Å². The Morgan fingerprint density at radius 1 is 1.05 bits per heavy atom. The minimum absolute atomic E-state index is 0.356. The second-order valence-corrected chi connectivity index (χ2v) is 4.62. The van der Waals surface area contributed by atoms with Crippen molar-refractivity contribution in [2.24, 2.45) is 0 Å². The van der Waals surface area contributed by atoms with Crippen LogP contribution in [0.25, 0.3) is 0 Å². The Morgan fingerprint density at radius 3 is 2.05 bits per heavy atom. The lowest BCUT2D eigenvalue weighted by Gasteiger charge is -2.02. The van der Waals surface area contributed by atoms with Gasteiger partial charge >= 0.3 is 5.97 Å².